The fourth-order valence-corrected chi connectivity index (χ4v) is 3.74. The van der Waals surface area contributed by atoms with Crippen LogP contribution in [-0.4, -0.2) is 62.0 Å². The fourth-order valence-electron chi connectivity index (χ4n) is 2.72. The Morgan fingerprint density at radius 3 is 2.75 bits per heavy atom. The molecule has 7 heteroatoms. The maximum absolute atomic E-state index is 12.4. The van der Waals surface area contributed by atoms with Crippen LogP contribution in [-0.2, 0) is 9.59 Å². The number of aliphatic imine (C=N–C) groups is 1. The Labute approximate surface area is 169 Å². The topological polar surface area (TPSA) is 71.0 Å². The van der Waals surface area contributed by atoms with Crippen LogP contribution < -0.4 is 10.1 Å². The van der Waals surface area contributed by atoms with Gasteiger partial charge in [-0.2, -0.15) is 0 Å². The van der Waals surface area contributed by atoms with Crippen LogP contribution in [0, 0.1) is 0 Å². The predicted octanol–water partition coefficient (Wildman–Crippen LogP) is 2.29. The quantitative estimate of drug-likeness (QED) is 0.746. The molecule has 3 rings (SSSR count). The smallest absolute Gasteiger partial charge is 0.283 e. The third-order valence-electron chi connectivity index (χ3n) is 4.26. The molecule has 146 valence electrons. The van der Waals surface area contributed by atoms with Crippen LogP contribution in [0.25, 0.3) is 6.08 Å². The molecule has 0 saturated carbocycles. The SMILES string of the molecule is COc1ccc(/C=C2/SC3C=CC(C(=O)NCCN(C)C)=CC3=NC2=O)cc1. The molecule has 1 unspecified atom stereocenters. The number of nitrogens with one attached hydrogen (secondary N) is 1. The third kappa shape index (κ3) is 4.99. The van der Waals surface area contributed by atoms with E-state index in [1.165, 1.54) is 11.8 Å². The van der Waals surface area contributed by atoms with Gasteiger partial charge >= 0.3 is 0 Å². The average molecular weight is 398 g/mol. The molecule has 2 amide bonds. The molecule has 1 aromatic carbocycles. The van der Waals surface area contributed by atoms with E-state index >= 15 is 0 Å². The van der Waals surface area contributed by atoms with Crippen LogP contribution in [0.15, 0.2) is 58.0 Å². The summed E-state index contributed by atoms with van der Waals surface area (Å²) in [7, 11) is 5.52. The Balaban J connectivity index is 1.71. The van der Waals surface area contributed by atoms with Gasteiger partial charge in [0.25, 0.3) is 11.8 Å². The van der Waals surface area contributed by atoms with Crippen LogP contribution in [0.3, 0.4) is 0 Å². The zero-order valence-electron chi connectivity index (χ0n) is 16.1. The first-order chi connectivity index (χ1) is 13.5. The number of amides is 2. The molecule has 28 heavy (non-hydrogen) atoms. The Morgan fingerprint density at radius 1 is 1.32 bits per heavy atom. The lowest BCUT2D eigenvalue weighted by Gasteiger charge is -2.22. The first-order valence-electron chi connectivity index (χ1n) is 8.94. The van der Waals surface area contributed by atoms with Crippen LogP contribution in [0.5, 0.6) is 5.75 Å². The number of likely N-dealkylation sites (N-methyl/N-ethyl adjacent to an activating group) is 1. The van der Waals surface area contributed by atoms with E-state index in [-0.39, 0.29) is 17.1 Å². The number of fused-ring (bicyclic) bond motifs is 1. The van der Waals surface area contributed by atoms with Crippen molar-refractivity contribution in [3.8, 4) is 5.75 Å². The Bertz CT molecular complexity index is 883. The fraction of sp³-hybridized carbons (Fsp3) is 0.286. The summed E-state index contributed by atoms with van der Waals surface area (Å²) in [6.45, 7) is 1.33. The predicted molar refractivity (Wildman–Crippen MR) is 114 cm³/mol. The van der Waals surface area contributed by atoms with E-state index in [1.54, 1.807) is 19.3 Å². The second kappa shape index (κ2) is 9.03. The van der Waals surface area contributed by atoms with Gasteiger partial charge in [-0.15, -0.1) is 11.8 Å². The molecule has 0 spiro atoms. The largest absolute Gasteiger partial charge is 0.497 e. The summed E-state index contributed by atoms with van der Waals surface area (Å²) >= 11 is 1.44. The number of rotatable bonds is 6. The molecule has 0 bridgehead atoms. The van der Waals surface area contributed by atoms with E-state index < -0.39 is 0 Å². The molecule has 6 nitrogen and oxygen atoms in total. The highest BCUT2D eigenvalue weighted by Gasteiger charge is 2.28. The molecule has 1 aliphatic heterocycles. The summed E-state index contributed by atoms with van der Waals surface area (Å²) in [5.41, 5.74) is 2.04. The van der Waals surface area contributed by atoms with Crippen LogP contribution in [0.1, 0.15) is 5.56 Å². The molecule has 1 aromatic rings. The number of methoxy groups -OCH3 is 1. The minimum absolute atomic E-state index is 0.0690. The number of ether oxygens (including phenoxy) is 1. The highest BCUT2D eigenvalue weighted by molar-refractivity contribution is 8.05. The van der Waals surface area contributed by atoms with Gasteiger partial charge in [-0.1, -0.05) is 24.3 Å². The summed E-state index contributed by atoms with van der Waals surface area (Å²) in [6.07, 6.45) is 7.24. The molecule has 1 heterocycles. The average Bonchev–Trinajstić information content (AvgIpc) is 2.68. The number of carbonyl (C=O) groups excluding carboxylic acids is 2. The van der Waals surface area contributed by atoms with Crippen molar-refractivity contribution in [2.45, 2.75) is 5.25 Å². The van der Waals surface area contributed by atoms with Crippen molar-refractivity contribution in [3.63, 3.8) is 0 Å². The van der Waals surface area contributed by atoms with Gasteiger partial charge in [-0.3, -0.25) is 9.59 Å². The van der Waals surface area contributed by atoms with Crippen molar-refractivity contribution in [2.75, 3.05) is 34.3 Å². The van der Waals surface area contributed by atoms with Gasteiger partial charge in [0.2, 0.25) is 0 Å². The van der Waals surface area contributed by atoms with Gasteiger partial charge in [0.1, 0.15) is 5.75 Å². The molecule has 1 atom stereocenters. The number of benzene rings is 1. The zero-order valence-corrected chi connectivity index (χ0v) is 17.0. The minimum Gasteiger partial charge on any atom is -0.497 e. The van der Waals surface area contributed by atoms with Crippen molar-refractivity contribution < 1.29 is 14.3 Å². The molecule has 1 N–H and O–H groups in total. The number of hydrogen-bond donors (Lipinski definition) is 1. The lowest BCUT2D eigenvalue weighted by Crippen LogP contribution is -2.33. The van der Waals surface area contributed by atoms with Crippen LogP contribution in [0.4, 0.5) is 0 Å². The summed E-state index contributed by atoms with van der Waals surface area (Å²) in [5, 5.41) is 2.80. The lowest BCUT2D eigenvalue weighted by atomic mass is 10.0. The second-order valence-corrected chi connectivity index (χ2v) is 7.86. The number of hydrogen-bond acceptors (Lipinski definition) is 5. The van der Waals surface area contributed by atoms with E-state index in [9.17, 15) is 9.59 Å². The second-order valence-electron chi connectivity index (χ2n) is 6.68. The number of carbonyl (C=O) groups is 2. The van der Waals surface area contributed by atoms with Crippen molar-refractivity contribution in [1.82, 2.24) is 10.2 Å². The molecule has 0 radical (unpaired) electrons. The number of allylic oxidation sites excluding steroid dienone is 1. The summed E-state index contributed by atoms with van der Waals surface area (Å²) in [6, 6.07) is 7.49. The molecular weight excluding hydrogens is 374 g/mol. The molecule has 0 saturated heterocycles. The molecular formula is C21H23N3O3S. The van der Waals surface area contributed by atoms with E-state index in [1.807, 2.05) is 55.4 Å². The summed E-state index contributed by atoms with van der Waals surface area (Å²) in [4.78, 5) is 31.5. The Morgan fingerprint density at radius 2 is 2.07 bits per heavy atom. The third-order valence-corrected chi connectivity index (χ3v) is 5.46. The highest BCUT2D eigenvalue weighted by atomic mass is 32.2. The summed E-state index contributed by atoms with van der Waals surface area (Å²) < 4.78 is 5.15. The van der Waals surface area contributed by atoms with Crippen molar-refractivity contribution >= 4 is 35.4 Å². The monoisotopic (exact) mass is 397 g/mol. The van der Waals surface area contributed by atoms with Gasteiger partial charge < -0.3 is 15.0 Å². The maximum atomic E-state index is 12.4. The lowest BCUT2D eigenvalue weighted by molar-refractivity contribution is -0.117. The van der Waals surface area contributed by atoms with Crippen molar-refractivity contribution in [3.05, 3.63) is 58.5 Å². The molecule has 0 fully saturated rings. The van der Waals surface area contributed by atoms with Gasteiger partial charge in [0, 0.05) is 18.7 Å². The van der Waals surface area contributed by atoms with E-state index in [0.717, 1.165) is 17.9 Å². The van der Waals surface area contributed by atoms with E-state index in [0.29, 0.717) is 22.7 Å². The summed E-state index contributed by atoms with van der Waals surface area (Å²) in [5.74, 6) is 0.323. The first kappa shape index (κ1) is 20.1. The van der Waals surface area contributed by atoms with Gasteiger partial charge in [-0.05, 0) is 43.9 Å². The highest BCUT2D eigenvalue weighted by Crippen LogP contribution is 2.34. The standard InChI is InChI=1S/C21H23N3O3S/c1-24(2)11-10-22-20(25)15-6-9-18-17(13-15)23-21(26)19(28-18)12-14-4-7-16(27-3)8-5-14/h4-9,12-13,18H,10-11H2,1-3H3,(H,22,25)/b19-12+. The van der Waals surface area contributed by atoms with Crippen molar-refractivity contribution in [1.29, 1.82) is 0 Å². The van der Waals surface area contributed by atoms with Crippen LogP contribution >= 0.6 is 11.8 Å². The van der Waals surface area contributed by atoms with Gasteiger partial charge in [0.15, 0.2) is 0 Å². The molecule has 1 aliphatic carbocycles. The van der Waals surface area contributed by atoms with Gasteiger partial charge in [-0.25, -0.2) is 4.99 Å². The first-order valence-corrected chi connectivity index (χ1v) is 9.82. The Kier molecular flexibility index (Phi) is 6.49. The minimum atomic E-state index is -0.286. The van der Waals surface area contributed by atoms with Crippen molar-refractivity contribution in [2.24, 2.45) is 4.99 Å². The van der Waals surface area contributed by atoms with Crippen LogP contribution in [0.2, 0.25) is 0 Å². The normalized spacial score (nSPS) is 19.9. The molecule has 2 aliphatic rings. The number of nitrogens with zero attached hydrogens (tertiary/aromatic N) is 2. The van der Waals surface area contributed by atoms with E-state index in [2.05, 4.69) is 10.3 Å². The number of thioether (sulfide) groups is 1. The van der Waals surface area contributed by atoms with Gasteiger partial charge in [0.05, 0.1) is 23.0 Å². The van der Waals surface area contributed by atoms with E-state index in [4.69, 9.17) is 4.74 Å². The zero-order chi connectivity index (χ0) is 20.1. The maximum Gasteiger partial charge on any atom is 0.283 e. The molecule has 0 aromatic heterocycles. The Hall–Kier alpha value is -2.64.